The Labute approximate surface area is 184 Å². The number of anilines is 1. The second kappa shape index (κ2) is 8.42. The van der Waals surface area contributed by atoms with Gasteiger partial charge in [0.1, 0.15) is 0 Å². The van der Waals surface area contributed by atoms with Gasteiger partial charge in [0.05, 0.1) is 22.1 Å². The molecule has 1 heterocycles. The predicted octanol–water partition coefficient (Wildman–Crippen LogP) is 2.94. The Bertz CT molecular complexity index is 1280. The predicted molar refractivity (Wildman–Crippen MR) is 117 cm³/mol. The zero-order valence-electron chi connectivity index (χ0n) is 17.2. The van der Waals surface area contributed by atoms with Crippen LogP contribution < -0.4 is 10.0 Å². The number of nitro groups is 1. The molecular weight excluding hydrogens is 434 g/mol. The molecule has 2 aromatic carbocycles. The Kier molecular flexibility index (Phi) is 5.66. The van der Waals surface area contributed by atoms with Crippen molar-refractivity contribution in [2.24, 2.45) is 7.05 Å². The zero-order valence-corrected chi connectivity index (χ0v) is 18.0. The SMILES string of the molecule is Cn1ncc2c1CCCC2NC(=O)c1ccc(NS(=O)(=O)c2cccc([N+](=O)[O-])c2)cc1. The van der Waals surface area contributed by atoms with Gasteiger partial charge in [0.25, 0.3) is 21.6 Å². The van der Waals surface area contributed by atoms with Crippen LogP contribution in [0.25, 0.3) is 0 Å². The van der Waals surface area contributed by atoms with Crippen LogP contribution in [0.2, 0.25) is 0 Å². The quantitative estimate of drug-likeness (QED) is 0.433. The summed E-state index contributed by atoms with van der Waals surface area (Å²) >= 11 is 0. The number of benzene rings is 2. The molecule has 0 bridgehead atoms. The molecule has 0 saturated carbocycles. The number of non-ortho nitro benzene ring substituents is 1. The van der Waals surface area contributed by atoms with E-state index >= 15 is 0 Å². The number of carbonyl (C=O) groups is 1. The van der Waals surface area contributed by atoms with E-state index in [4.69, 9.17) is 0 Å². The molecule has 11 heteroatoms. The van der Waals surface area contributed by atoms with Crippen molar-refractivity contribution in [2.75, 3.05) is 4.72 Å². The summed E-state index contributed by atoms with van der Waals surface area (Å²) < 4.78 is 29.3. The summed E-state index contributed by atoms with van der Waals surface area (Å²) in [6.45, 7) is 0. The van der Waals surface area contributed by atoms with Gasteiger partial charge in [-0.2, -0.15) is 5.10 Å². The van der Waals surface area contributed by atoms with Gasteiger partial charge in [-0.05, 0) is 49.6 Å². The Morgan fingerprint density at radius 1 is 1.22 bits per heavy atom. The maximum atomic E-state index is 12.7. The number of carbonyl (C=O) groups excluding carboxylic acids is 1. The number of hydrogen-bond donors (Lipinski definition) is 2. The van der Waals surface area contributed by atoms with E-state index in [0.717, 1.165) is 36.6 Å². The number of aryl methyl sites for hydroxylation is 1. The van der Waals surface area contributed by atoms with Crippen molar-refractivity contribution in [1.82, 2.24) is 15.1 Å². The molecule has 0 saturated heterocycles. The summed E-state index contributed by atoms with van der Waals surface area (Å²) in [4.78, 5) is 22.7. The van der Waals surface area contributed by atoms with Crippen molar-refractivity contribution >= 4 is 27.3 Å². The molecule has 1 amide bonds. The standard InChI is InChI=1S/C21H21N5O5S/c1-25-20-7-3-6-19(18(20)13-22-25)23-21(27)14-8-10-15(11-9-14)24-32(30,31)17-5-2-4-16(12-17)26(28)29/h2,4-5,8-13,19,24H,3,6-7H2,1H3,(H,23,27). The molecule has 0 fully saturated rings. The number of sulfonamides is 1. The summed E-state index contributed by atoms with van der Waals surface area (Å²) in [7, 11) is -2.14. The van der Waals surface area contributed by atoms with Gasteiger partial charge in [-0.15, -0.1) is 0 Å². The summed E-state index contributed by atoms with van der Waals surface area (Å²) in [6.07, 6.45) is 4.49. The van der Waals surface area contributed by atoms with E-state index in [1.54, 1.807) is 6.20 Å². The normalized spacial score (nSPS) is 15.6. The summed E-state index contributed by atoms with van der Waals surface area (Å²) in [6, 6.07) is 10.6. The lowest BCUT2D eigenvalue weighted by molar-refractivity contribution is -0.385. The Morgan fingerprint density at radius 2 is 1.97 bits per heavy atom. The van der Waals surface area contributed by atoms with Crippen LogP contribution in [0.15, 0.2) is 59.6 Å². The molecule has 3 aromatic rings. The minimum absolute atomic E-state index is 0.119. The first kappa shape index (κ1) is 21.5. The smallest absolute Gasteiger partial charge is 0.270 e. The topological polar surface area (TPSA) is 136 Å². The molecule has 0 spiro atoms. The van der Waals surface area contributed by atoms with E-state index in [1.165, 1.54) is 42.5 Å². The van der Waals surface area contributed by atoms with Crippen molar-refractivity contribution in [2.45, 2.75) is 30.2 Å². The summed E-state index contributed by atoms with van der Waals surface area (Å²) in [5.41, 5.74) is 2.44. The molecule has 166 valence electrons. The highest BCUT2D eigenvalue weighted by Crippen LogP contribution is 2.29. The van der Waals surface area contributed by atoms with Gasteiger partial charge < -0.3 is 5.32 Å². The second-order valence-electron chi connectivity index (χ2n) is 7.53. The van der Waals surface area contributed by atoms with Gasteiger partial charge in [0, 0.05) is 41.7 Å². The molecule has 0 radical (unpaired) electrons. The van der Waals surface area contributed by atoms with Gasteiger partial charge in [0.2, 0.25) is 0 Å². The largest absolute Gasteiger partial charge is 0.345 e. The summed E-state index contributed by atoms with van der Waals surface area (Å²) in [5.74, 6) is -0.264. The Morgan fingerprint density at radius 3 is 2.69 bits per heavy atom. The highest BCUT2D eigenvalue weighted by Gasteiger charge is 2.25. The molecule has 0 aliphatic heterocycles. The number of hydrogen-bond acceptors (Lipinski definition) is 6. The molecule has 4 rings (SSSR count). The van der Waals surface area contributed by atoms with Crippen LogP contribution in [-0.2, 0) is 23.5 Å². The number of nitrogens with one attached hydrogen (secondary N) is 2. The van der Waals surface area contributed by atoms with Gasteiger partial charge in [-0.1, -0.05) is 6.07 Å². The number of aromatic nitrogens is 2. The van der Waals surface area contributed by atoms with Crippen LogP contribution in [0.5, 0.6) is 0 Å². The molecule has 1 aliphatic carbocycles. The number of nitrogens with zero attached hydrogens (tertiary/aromatic N) is 3. The first-order chi connectivity index (χ1) is 15.2. The van der Waals surface area contributed by atoms with E-state index in [-0.39, 0.29) is 28.2 Å². The van der Waals surface area contributed by atoms with Crippen molar-refractivity contribution in [3.63, 3.8) is 0 Å². The van der Waals surface area contributed by atoms with Crippen LogP contribution in [-0.4, -0.2) is 29.0 Å². The lowest BCUT2D eigenvalue weighted by Gasteiger charge is -2.23. The third-order valence-electron chi connectivity index (χ3n) is 5.42. The molecule has 1 aromatic heterocycles. The van der Waals surface area contributed by atoms with Crippen LogP contribution in [0.3, 0.4) is 0 Å². The number of rotatable bonds is 6. The maximum absolute atomic E-state index is 12.7. The first-order valence-electron chi connectivity index (χ1n) is 9.93. The fourth-order valence-electron chi connectivity index (χ4n) is 3.77. The minimum atomic E-state index is -4.02. The van der Waals surface area contributed by atoms with Crippen LogP contribution in [0.4, 0.5) is 11.4 Å². The van der Waals surface area contributed by atoms with Crippen molar-refractivity contribution < 1.29 is 18.1 Å². The highest BCUT2D eigenvalue weighted by atomic mass is 32.2. The third kappa shape index (κ3) is 4.33. The fraction of sp³-hybridized carbons (Fsp3) is 0.238. The fourth-order valence-corrected chi connectivity index (χ4v) is 4.86. The average Bonchev–Trinajstić information content (AvgIpc) is 3.16. The first-order valence-corrected chi connectivity index (χ1v) is 11.4. The van der Waals surface area contributed by atoms with Gasteiger partial charge in [-0.25, -0.2) is 8.42 Å². The Hall–Kier alpha value is -3.73. The number of nitro benzene ring substituents is 1. The lowest BCUT2D eigenvalue weighted by Crippen LogP contribution is -2.30. The van der Waals surface area contributed by atoms with E-state index in [0.29, 0.717) is 5.56 Å². The second-order valence-corrected chi connectivity index (χ2v) is 9.21. The Balaban J connectivity index is 1.46. The van der Waals surface area contributed by atoms with Gasteiger partial charge in [0.15, 0.2) is 0 Å². The number of fused-ring (bicyclic) bond motifs is 1. The number of amides is 1. The third-order valence-corrected chi connectivity index (χ3v) is 6.80. The monoisotopic (exact) mass is 455 g/mol. The lowest BCUT2D eigenvalue weighted by atomic mass is 9.93. The van der Waals surface area contributed by atoms with Crippen LogP contribution in [0.1, 0.15) is 40.5 Å². The van der Waals surface area contributed by atoms with E-state index in [1.807, 2.05) is 11.7 Å². The minimum Gasteiger partial charge on any atom is -0.345 e. The maximum Gasteiger partial charge on any atom is 0.270 e. The van der Waals surface area contributed by atoms with E-state index in [9.17, 15) is 23.3 Å². The van der Waals surface area contributed by atoms with Crippen molar-refractivity contribution in [3.8, 4) is 0 Å². The van der Waals surface area contributed by atoms with E-state index in [2.05, 4.69) is 15.1 Å². The molecular formula is C21H21N5O5S. The molecule has 2 N–H and O–H groups in total. The molecule has 1 unspecified atom stereocenters. The van der Waals surface area contributed by atoms with Crippen molar-refractivity contribution in [1.29, 1.82) is 0 Å². The van der Waals surface area contributed by atoms with Gasteiger partial charge in [-0.3, -0.25) is 24.3 Å². The molecule has 1 aliphatic rings. The molecule has 10 nitrogen and oxygen atoms in total. The molecule has 1 atom stereocenters. The van der Waals surface area contributed by atoms with Crippen molar-refractivity contribution in [3.05, 3.63) is 81.7 Å². The van der Waals surface area contributed by atoms with E-state index < -0.39 is 14.9 Å². The van der Waals surface area contributed by atoms with Crippen LogP contribution in [0, 0.1) is 10.1 Å². The molecule has 32 heavy (non-hydrogen) atoms. The van der Waals surface area contributed by atoms with Gasteiger partial charge >= 0.3 is 0 Å². The summed E-state index contributed by atoms with van der Waals surface area (Å²) in [5, 5.41) is 18.2. The average molecular weight is 455 g/mol. The van der Waals surface area contributed by atoms with Crippen LogP contribution >= 0.6 is 0 Å². The zero-order chi connectivity index (χ0) is 22.9. The highest BCUT2D eigenvalue weighted by molar-refractivity contribution is 7.92.